The van der Waals surface area contributed by atoms with Crippen molar-refractivity contribution >= 4 is 45.0 Å². The molecule has 0 unspecified atom stereocenters. The SMILES string of the molecule is O=C1c2cc(F)c(F)cc2C(=O)N1c1cccc(Cl)c1Br. The summed E-state index contributed by atoms with van der Waals surface area (Å²) >= 11 is 9.13. The van der Waals surface area contributed by atoms with E-state index in [0.29, 0.717) is 9.50 Å². The van der Waals surface area contributed by atoms with Gasteiger partial charge in [-0.3, -0.25) is 9.59 Å². The fourth-order valence-corrected chi connectivity index (χ4v) is 2.73. The molecule has 106 valence electrons. The highest BCUT2D eigenvalue weighted by atomic mass is 79.9. The van der Waals surface area contributed by atoms with Crippen molar-refractivity contribution in [2.24, 2.45) is 0 Å². The number of amides is 2. The Morgan fingerprint density at radius 3 is 2.05 bits per heavy atom. The Morgan fingerprint density at radius 2 is 1.52 bits per heavy atom. The summed E-state index contributed by atoms with van der Waals surface area (Å²) in [6.45, 7) is 0. The van der Waals surface area contributed by atoms with Gasteiger partial charge in [0.05, 0.1) is 26.3 Å². The van der Waals surface area contributed by atoms with Crippen molar-refractivity contribution in [1.82, 2.24) is 0 Å². The van der Waals surface area contributed by atoms with Crippen LogP contribution < -0.4 is 4.90 Å². The van der Waals surface area contributed by atoms with Crippen LogP contribution in [-0.4, -0.2) is 11.8 Å². The van der Waals surface area contributed by atoms with Gasteiger partial charge in [-0.25, -0.2) is 13.7 Å². The lowest BCUT2D eigenvalue weighted by molar-refractivity contribution is 0.0926. The maximum Gasteiger partial charge on any atom is 0.266 e. The second-order valence-corrected chi connectivity index (χ2v) is 5.53. The molecular weight excluding hydrogens is 368 g/mol. The predicted octanol–water partition coefficient (Wildman–Crippen LogP) is 4.18. The molecule has 0 saturated heterocycles. The minimum Gasteiger partial charge on any atom is -0.268 e. The first kappa shape index (κ1) is 14.2. The third-order valence-corrected chi connectivity index (χ3v) is 4.48. The van der Waals surface area contributed by atoms with Crippen LogP contribution in [0.2, 0.25) is 5.02 Å². The van der Waals surface area contributed by atoms with Crippen molar-refractivity contribution in [3.63, 3.8) is 0 Å². The van der Waals surface area contributed by atoms with Crippen molar-refractivity contribution in [3.05, 3.63) is 62.6 Å². The minimum absolute atomic E-state index is 0.175. The van der Waals surface area contributed by atoms with Crippen LogP contribution in [0.15, 0.2) is 34.8 Å². The van der Waals surface area contributed by atoms with Crippen LogP contribution in [0, 0.1) is 11.6 Å². The number of halogens is 4. The number of hydrogen-bond acceptors (Lipinski definition) is 2. The van der Waals surface area contributed by atoms with Gasteiger partial charge in [0.1, 0.15) is 0 Å². The summed E-state index contributed by atoms with van der Waals surface area (Å²) in [5.41, 5.74) is -0.133. The van der Waals surface area contributed by atoms with Gasteiger partial charge < -0.3 is 0 Å². The summed E-state index contributed by atoms with van der Waals surface area (Å²) in [5, 5.41) is 0.307. The van der Waals surface area contributed by atoms with Crippen molar-refractivity contribution in [2.75, 3.05) is 4.90 Å². The average Bonchev–Trinajstić information content (AvgIpc) is 2.67. The average molecular weight is 373 g/mol. The lowest BCUT2D eigenvalue weighted by atomic mass is 10.1. The van der Waals surface area contributed by atoms with E-state index in [0.717, 1.165) is 17.0 Å². The molecule has 2 aromatic carbocycles. The van der Waals surface area contributed by atoms with Crippen LogP contribution in [0.25, 0.3) is 0 Å². The van der Waals surface area contributed by atoms with Gasteiger partial charge in [-0.1, -0.05) is 17.7 Å². The summed E-state index contributed by atoms with van der Waals surface area (Å²) in [6.07, 6.45) is 0. The number of anilines is 1. The number of carbonyl (C=O) groups is 2. The molecule has 0 fully saturated rings. The summed E-state index contributed by atoms with van der Waals surface area (Å²) in [5.74, 6) is -3.81. The molecule has 0 aliphatic carbocycles. The number of imide groups is 1. The molecule has 0 bridgehead atoms. The van der Waals surface area contributed by atoms with Crippen LogP contribution in [-0.2, 0) is 0 Å². The highest BCUT2D eigenvalue weighted by Crippen LogP contribution is 2.37. The molecule has 0 spiro atoms. The summed E-state index contributed by atoms with van der Waals surface area (Å²) < 4.78 is 26.9. The monoisotopic (exact) mass is 371 g/mol. The third-order valence-electron chi connectivity index (χ3n) is 3.10. The normalized spacial score (nSPS) is 13.8. The summed E-state index contributed by atoms with van der Waals surface area (Å²) in [7, 11) is 0. The first-order valence-corrected chi connectivity index (χ1v) is 6.90. The van der Waals surface area contributed by atoms with Gasteiger partial charge in [-0.05, 0) is 40.2 Å². The summed E-state index contributed by atoms with van der Waals surface area (Å²) in [6, 6.07) is 6.09. The Kier molecular flexibility index (Phi) is 3.30. The maximum absolute atomic E-state index is 13.3. The van der Waals surface area contributed by atoms with E-state index in [1.807, 2.05) is 0 Å². The molecule has 21 heavy (non-hydrogen) atoms. The molecule has 2 amide bonds. The molecule has 3 nitrogen and oxygen atoms in total. The van der Waals surface area contributed by atoms with Crippen LogP contribution in [0.4, 0.5) is 14.5 Å². The lowest BCUT2D eigenvalue weighted by Gasteiger charge is -2.16. The van der Waals surface area contributed by atoms with Gasteiger partial charge in [0.25, 0.3) is 11.8 Å². The maximum atomic E-state index is 13.3. The van der Waals surface area contributed by atoms with Crippen molar-refractivity contribution in [3.8, 4) is 0 Å². The quantitative estimate of drug-likeness (QED) is 0.704. The fraction of sp³-hybridized carbons (Fsp3) is 0. The van der Waals surface area contributed by atoms with Crippen molar-refractivity contribution < 1.29 is 18.4 Å². The largest absolute Gasteiger partial charge is 0.268 e. The van der Waals surface area contributed by atoms with Gasteiger partial charge in [0.2, 0.25) is 0 Å². The molecule has 0 N–H and O–H groups in total. The Morgan fingerprint density at radius 1 is 1.00 bits per heavy atom. The van der Waals surface area contributed by atoms with Crippen molar-refractivity contribution in [2.45, 2.75) is 0 Å². The van der Waals surface area contributed by atoms with Gasteiger partial charge in [0, 0.05) is 0 Å². The zero-order chi connectivity index (χ0) is 15.3. The first-order valence-electron chi connectivity index (χ1n) is 5.73. The van der Waals surface area contributed by atoms with Crippen LogP contribution >= 0.6 is 27.5 Å². The van der Waals surface area contributed by atoms with Gasteiger partial charge in [0.15, 0.2) is 11.6 Å². The molecule has 7 heteroatoms. The number of rotatable bonds is 1. The lowest BCUT2D eigenvalue weighted by Crippen LogP contribution is -2.29. The number of fused-ring (bicyclic) bond motifs is 1. The molecule has 1 heterocycles. The third kappa shape index (κ3) is 2.06. The highest BCUT2D eigenvalue weighted by molar-refractivity contribution is 9.10. The zero-order valence-corrected chi connectivity index (χ0v) is 12.5. The predicted molar refractivity (Wildman–Crippen MR) is 76.7 cm³/mol. The van der Waals surface area contributed by atoms with E-state index >= 15 is 0 Å². The molecule has 0 saturated carbocycles. The van der Waals surface area contributed by atoms with E-state index in [-0.39, 0.29) is 16.8 Å². The van der Waals surface area contributed by atoms with E-state index < -0.39 is 23.4 Å². The van der Waals surface area contributed by atoms with Gasteiger partial charge in [-0.2, -0.15) is 0 Å². The van der Waals surface area contributed by atoms with E-state index in [9.17, 15) is 18.4 Å². The van der Waals surface area contributed by atoms with Crippen LogP contribution in [0.1, 0.15) is 20.7 Å². The summed E-state index contributed by atoms with van der Waals surface area (Å²) in [4.78, 5) is 25.4. The topological polar surface area (TPSA) is 37.4 Å². The highest BCUT2D eigenvalue weighted by Gasteiger charge is 2.38. The van der Waals surface area contributed by atoms with E-state index in [2.05, 4.69) is 15.9 Å². The van der Waals surface area contributed by atoms with E-state index in [1.165, 1.54) is 6.07 Å². The standard InChI is InChI=1S/C14H5BrClF2NO2/c15-12-8(16)2-1-3-11(12)19-13(20)6-4-9(17)10(18)5-7(6)14(19)21/h1-5H. The second kappa shape index (κ2) is 4.89. The van der Waals surface area contributed by atoms with E-state index in [1.54, 1.807) is 12.1 Å². The van der Waals surface area contributed by atoms with Crippen LogP contribution in [0.5, 0.6) is 0 Å². The van der Waals surface area contributed by atoms with Crippen molar-refractivity contribution in [1.29, 1.82) is 0 Å². The Hall–Kier alpha value is -1.79. The molecule has 0 radical (unpaired) electrons. The zero-order valence-electron chi connectivity index (χ0n) is 10.2. The second-order valence-electron chi connectivity index (χ2n) is 4.33. The first-order chi connectivity index (χ1) is 9.91. The van der Waals surface area contributed by atoms with Gasteiger partial charge in [-0.15, -0.1) is 0 Å². The fourth-order valence-electron chi connectivity index (χ4n) is 2.12. The molecule has 1 aliphatic heterocycles. The number of benzene rings is 2. The van der Waals surface area contributed by atoms with Crippen LogP contribution in [0.3, 0.4) is 0 Å². The molecule has 0 aromatic heterocycles. The molecule has 2 aromatic rings. The van der Waals surface area contributed by atoms with Gasteiger partial charge >= 0.3 is 0 Å². The smallest absolute Gasteiger partial charge is 0.266 e. The minimum atomic E-state index is -1.18. The Bertz CT molecular complexity index is 769. The molecule has 0 atom stereocenters. The molecular formula is C14H5BrClF2NO2. The number of hydrogen-bond donors (Lipinski definition) is 0. The molecule has 1 aliphatic rings. The number of carbonyl (C=O) groups excluding carboxylic acids is 2. The Balaban J connectivity index is 2.18. The van der Waals surface area contributed by atoms with E-state index in [4.69, 9.17) is 11.6 Å². The number of nitrogens with zero attached hydrogens (tertiary/aromatic N) is 1. The Labute approximate surface area is 131 Å². The molecule has 3 rings (SSSR count).